The number of halogens is 3. The third kappa shape index (κ3) is 14.9. The fraction of sp³-hybridized carbons (Fsp3) is 0.257. The maximum atomic E-state index is 13.5. The fourth-order valence-corrected chi connectivity index (χ4v) is 11.0. The van der Waals surface area contributed by atoms with Crippen LogP contribution in [0.25, 0.3) is 66.8 Å². The van der Waals surface area contributed by atoms with Gasteiger partial charge in [0.2, 0.25) is 10.7 Å². The molecule has 0 radical (unpaired) electrons. The first-order valence-corrected chi connectivity index (χ1v) is 29.5. The molecule has 83 heavy (non-hydrogen) atoms. The number of alkyl halides is 1. The van der Waals surface area contributed by atoms with Crippen molar-refractivity contribution in [1.82, 2.24) is 9.15 Å². The van der Waals surface area contributed by atoms with Crippen molar-refractivity contribution in [3.63, 3.8) is 0 Å². The highest BCUT2D eigenvalue weighted by molar-refractivity contribution is 9.08. The molecule has 4 aliphatic rings. The van der Waals surface area contributed by atoms with Crippen LogP contribution in [0, 0.1) is 0 Å². The van der Waals surface area contributed by atoms with Gasteiger partial charge in [0.05, 0.1) is 23.3 Å². The predicted octanol–water partition coefficient (Wildman–Crippen LogP) is 9.37. The Bertz CT molecular complexity index is 3820. The minimum atomic E-state index is -0.938. The van der Waals surface area contributed by atoms with E-state index >= 15 is 0 Å². The van der Waals surface area contributed by atoms with E-state index in [2.05, 4.69) is 175 Å². The smallest absolute Gasteiger partial charge is 0.339 e. The van der Waals surface area contributed by atoms with Crippen LogP contribution in [0.1, 0.15) is 87.2 Å². The number of carboxylic acids is 1. The molecule has 13 heteroatoms. The molecule has 0 aromatic heterocycles. The van der Waals surface area contributed by atoms with Crippen LogP contribution in [0.15, 0.2) is 191 Å². The van der Waals surface area contributed by atoms with E-state index < -0.39 is 5.97 Å². The van der Waals surface area contributed by atoms with Crippen molar-refractivity contribution in [2.45, 2.75) is 67.3 Å². The number of rotatable bonds is 17. The number of carboxylic acid groups (broad SMARTS) is 1. The molecule has 0 unspecified atom stereocenters. The first-order chi connectivity index (χ1) is 39.5. The second-order valence-corrected chi connectivity index (χ2v) is 20.0. The lowest BCUT2D eigenvalue weighted by Crippen LogP contribution is -3.00. The second kappa shape index (κ2) is 31.1. The number of nitrogens with zero attached hydrogens (tertiary/aromatic N) is 4. The lowest BCUT2D eigenvalue weighted by atomic mass is 9.90. The quantitative estimate of drug-likeness (QED) is 0.0417. The molecular weight excluding hydrogens is 1140 g/mol. The zero-order valence-electron chi connectivity index (χ0n) is 48.8. The van der Waals surface area contributed by atoms with Gasteiger partial charge in [-0.2, -0.15) is 0 Å². The molecule has 2 aliphatic heterocycles. The molecule has 0 bridgehead atoms. The van der Waals surface area contributed by atoms with Gasteiger partial charge in [-0.3, -0.25) is 0 Å². The summed E-state index contributed by atoms with van der Waals surface area (Å²) in [6, 6.07) is 60.1. The topological polar surface area (TPSA) is 102 Å². The summed E-state index contributed by atoms with van der Waals surface area (Å²) in [5.41, 5.74) is 12.1. The van der Waals surface area contributed by atoms with Crippen molar-refractivity contribution in [3.8, 4) is 44.9 Å². The van der Waals surface area contributed by atoms with Gasteiger partial charge in [0, 0.05) is 100 Å². The Labute approximate surface area is 509 Å². The number of aromatic carboxylic acids is 1. The first kappa shape index (κ1) is 64.5. The molecule has 0 amide bonds. The van der Waals surface area contributed by atoms with Crippen molar-refractivity contribution in [2.75, 3.05) is 62.2 Å². The summed E-state index contributed by atoms with van der Waals surface area (Å²) in [4.78, 5) is 30.1. The van der Waals surface area contributed by atoms with E-state index in [1.54, 1.807) is 12.1 Å². The van der Waals surface area contributed by atoms with Gasteiger partial charge in [0.25, 0.3) is 0 Å². The molecule has 6 aromatic carbocycles. The van der Waals surface area contributed by atoms with Gasteiger partial charge < -0.3 is 53.3 Å². The Morgan fingerprint density at radius 2 is 0.867 bits per heavy atom. The van der Waals surface area contributed by atoms with Gasteiger partial charge in [-0.05, 0) is 126 Å². The minimum Gasteiger partial charge on any atom is -1.00 e. The Kier molecular flexibility index (Phi) is 24.2. The Balaban J connectivity index is 0.000000233. The van der Waals surface area contributed by atoms with Crippen LogP contribution in [0.5, 0.6) is 0 Å². The van der Waals surface area contributed by atoms with Crippen molar-refractivity contribution < 1.29 is 53.1 Å². The summed E-state index contributed by atoms with van der Waals surface area (Å²) in [5, 5.41) is 14.9. The fourth-order valence-electron chi connectivity index (χ4n) is 10.6. The number of benzene rings is 8. The number of carbonyl (C=O) groups excluding carboxylic acids is 1. The van der Waals surface area contributed by atoms with Gasteiger partial charge in [-0.15, -0.1) is 0 Å². The summed E-state index contributed by atoms with van der Waals surface area (Å²) < 4.78 is 23.4. The number of hydrogen-bond donors (Lipinski definition) is 1. The minimum absolute atomic E-state index is 0. The number of esters is 1. The van der Waals surface area contributed by atoms with Crippen molar-refractivity contribution in [3.05, 3.63) is 215 Å². The summed E-state index contributed by atoms with van der Waals surface area (Å²) in [5.74, 6) is 0.253. The third-order valence-electron chi connectivity index (χ3n) is 14.9. The molecule has 6 aromatic rings. The molecule has 0 saturated heterocycles. The van der Waals surface area contributed by atoms with Crippen molar-refractivity contribution >= 4 is 61.2 Å². The van der Waals surface area contributed by atoms with Gasteiger partial charge >= 0.3 is 11.9 Å². The molecular formula is C70H75BrCl2N4O6. The molecule has 2 aliphatic carbocycles. The molecule has 0 fully saturated rings. The van der Waals surface area contributed by atoms with Gasteiger partial charge in [0.15, 0.2) is 0 Å². The van der Waals surface area contributed by atoms with Gasteiger partial charge in [0.1, 0.15) is 55.5 Å². The second-order valence-electron chi connectivity index (χ2n) is 19.4. The molecule has 0 atom stereocenters. The number of carbonyl (C=O) groups is 2. The van der Waals surface area contributed by atoms with E-state index in [9.17, 15) is 14.7 Å². The van der Waals surface area contributed by atoms with E-state index in [0.29, 0.717) is 11.1 Å². The normalized spacial score (nSPS) is 10.7. The Morgan fingerprint density at radius 1 is 0.470 bits per heavy atom. The lowest BCUT2D eigenvalue weighted by molar-refractivity contribution is -0.001000. The van der Waals surface area contributed by atoms with Crippen LogP contribution in [0.2, 0.25) is 0 Å². The van der Waals surface area contributed by atoms with Crippen molar-refractivity contribution in [2.24, 2.45) is 0 Å². The highest BCUT2D eigenvalue weighted by Gasteiger charge is 2.25. The Morgan fingerprint density at radius 3 is 1.27 bits per heavy atom. The summed E-state index contributed by atoms with van der Waals surface area (Å²) >= 11 is 3.36. The maximum absolute atomic E-state index is 13.5. The highest BCUT2D eigenvalue weighted by Crippen LogP contribution is 2.44. The van der Waals surface area contributed by atoms with Crippen LogP contribution >= 0.6 is 15.9 Å². The van der Waals surface area contributed by atoms with E-state index in [0.717, 1.165) is 147 Å². The number of anilines is 2. The maximum Gasteiger partial charge on any atom is 0.339 e. The monoisotopic (exact) mass is 1220 g/mol. The van der Waals surface area contributed by atoms with Crippen LogP contribution < -0.4 is 54.5 Å². The highest BCUT2D eigenvalue weighted by atomic mass is 79.9. The number of ether oxygens (including phenoxy) is 1. The molecule has 1 N–H and O–H groups in total. The first-order valence-electron chi connectivity index (χ1n) is 28.4. The van der Waals surface area contributed by atoms with E-state index in [1.807, 2.05) is 84.9 Å². The van der Waals surface area contributed by atoms with E-state index in [-0.39, 0.29) is 43.0 Å². The summed E-state index contributed by atoms with van der Waals surface area (Å²) in [6.07, 6.45) is 0. The van der Waals surface area contributed by atoms with Crippen LogP contribution in [0.3, 0.4) is 0 Å². The summed E-state index contributed by atoms with van der Waals surface area (Å²) in [7, 11) is 0. The largest absolute Gasteiger partial charge is 1.00 e. The number of hydrogen-bond acceptors (Lipinski definition) is 7. The average Bonchev–Trinajstić information content (AvgIpc) is 3.43. The zero-order valence-corrected chi connectivity index (χ0v) is 51.9. The van der Waals surface area contributed by atoms with Gasteiger partial charge in [-0.25, -0.2) is 18.7 Å². The van der Waals surface area contributed by atoms with E-state index in [4.69, 9.17) is 13.6 Å². The van der Waals surface area contributed by atoms with Crippen molar-refractivity contribution in [1.29, 1.82) is 0 Å². The van der Waals surface area contributed by atoms with Crippen LogP contribution in [-0.2, 0) is 16.7 Å². The molecule has 10 nitrogen and oxygen atoms in total. The zero-order chi connectivity index (χ0) is 57.4. The molecule has 432 valence electrons. The number of fused-ring (bicyclic) bond motifs is 4. The van der Waals surface area contributed by atoms with E-state index in [1.165, 1.54) is 5.56 Å². The average molecular weight is 1220 g/mol. The van der Waals surface area contributed by atoms with Crippen LogP contribution in [0.4, 0.5) is 11.4 Å². The molecule has 0 spiro atoms. The lowest BCUT2D eigenvalue weighted by Gasteiger charge is -2.22. The SMILES string of the molecule is BrCc1ccccc1.CCN(CC)c1ccc2c(-c3ccccc3C(=O)O)c3ccc(=[N+](CC)CC)cc-3oc2c1.CCN(CC)c1ccc2c(-c3ccccc3C(=O)OCc3ccccc3)c3ccc(=[N+](CC)CC)cc-3oc2c1.[Cl-].[Cl-]. The molecule has 2 heterocycles. The summed E-state index contributed by atoms with van der Waals surface area (Å²) in [6.45, 7) is 24.6. The molecule has 10 rings (SSSR count). The Hall–Kier alpha value is -7.70. The predicted molar refractivity (Wildman–Crippen MR) is 338 cm³/mol. The van der Waals surface area contributed by atoms with Crippen LogP contribution in [-0.4, -0.2) is 69.4 Å². The standard InChI is InChI=1S/C35H37N2O3.C28H30N2O3.C7H7Br.2ClH/c1-5-36(6-2)26-18-20-30-32(22-26)40-33-23-27(37(7-3)8-4)19-21-31(33)34(30)28-16-12-13-17-29(28)35(38)39-24-25-14-10-9-11-15-25;1-5-29(6-2)19-13-15-23-25(17-19)33-26-18-20(30(7-3)8-4)14-16-24(26)27(23)21-11-9-10-12-22(21)28(31)32;8-6-7-4-2-1-3-5-7;;/h9-23H,5-8,24H2,1-4H3;9-18H,5-8H2,1-4H3;1-5H,6H2;2*1H/q+1;;;;/p-1. The van der Waals surface area contributed by atoms with Gasteiger partial charge in [-0.1, -0.05) is 113 Å². The third-order valence-corrected chi connectivity index (χ3v) is 15.6. The molecule has 0 saturated carbocycles.